The minimum atomic E-state index is -0.532. The topological polar surface area (TPSA) is 41.9 Å². The van der Waals surface area contributed by atoms with Gasteiger partial charge in [0.2, 0.25) is 0 Å². The standard InChI is InChI=1S/C21H25NO3/c1-22-9-8-21-14-5-6-16(23)20(21)25-19-17(24-11-12-2-3-12)7-4-13(18(19)21)10-15(14)22/h4-7,12,14-16,20,23H,2-3,8-11H2,1H3/t14-,15+,16-,20-,21-/m0/s1. The summed E-state index contributed by atoms with van der Waals surface area (Å²) in [4.78, 5) is 2.49. The SMILES string of the molecule is CN1CC[C@]23c4c5ccc(OCC6CC6)c4O[C@H]2[C@@H](O)C=C[C@H]3[C@H]1C5. The Hall–Kier alpha value is -1.52. The zero-order valence-corrected chi connectivity index (χ0v) is 14.6. The lowest BCUT2D eigenvalue weighted by Gasteiger charge is -2.56. The highest BCUT2D eigenvalue weighted by Gasteiger charge is 2.64. The van der Waals surface area contributed by atoms with Crippen molar-refractivity contribution in [3.8, 4) is 11.5 Å². The van der Waals surface area contributed by atoms with Crippen LogP contribution in [0, 0.1) is 11.8 Å². The molecule has 2 fully saturated rings. The van der Waals surface area contributed by atoms with E-state index in [1.54, 1.807) is 0 Å². The van der Waals surface area contributed by atoms with Crippen LogP contribution in [-0.2, 0) is 11.8 Å². The van der Waals surface area contributed by atoms with E-state index in [4.69, 9.17) is 9.47 Å². The van der Waals surface area contributed by atoms with Crippen LogP contribution in [0.4, 0.5) is 0 Å². The number of likely N-dealkylation sites (tertiary alicyclic amines) is 1. The lowest BCUT2D eigenvalue weighted by atomic mass is 9.53. The molecule has 2 bridgehead atoms. The van der Waals surface area contributed by atoms with E-state index >= 15 is 0 Å². The molecule has 132 valence electrons. The molecule has 5 aliphatic rings. The molecule has 0 aromatic heterocycles. The molecular formula is C21H25NO3. The lowest BCUT2D eigenvalue weighted by molar-refractivity contribution is -0.0454. The molecule has 1 aromatic rings. The number of piperidine rings is 1. The zero-order valence-electron chi connectivity index (χ0n) is 14.6. The summed E-state index contributed by atoms with van der Waals surface area (Å²) in [7, 11) is 2.24. The number of ether oxygens (including phenoxy) is 2. The molecule has 1 N–H and O–H groups in total. The molecule has 4 heteroatoms. The summed E-state index contributed by atoms with van der Waals surface area (Å²) < 4.78 is 12.6. The molecule has 1 spiro atoms. The molecule has 0 unspecified atom stereocenters. The highest BCUT2D eigenvalue weighted by molar-refractivity contribution is 5.62. The fourth-order valence-corrected chi connectivity index (χ4v) is 5.83. The normalized spacial score (nSPS) is 40.6. The minimum Gasteiger partial charge on any atom is -0.489 e. The van der Waals surface area contributed by atoms with Crippen LogP contribution in [0.2, 0.25) is 0 Å². The number of aliphatic hydroxyl groups excluding tert-OH is 1. The Kier molecular flexibility index (Phi) is 2.81. The van der Waals surface area contributed by atoms with E-state index in [1.807, 2.05) is 6.08 Å². The first-order valence-corrected chi connectivity index (χ1v) is 9.71. The molecule has 25 heavy (non-hydrogen) atoms. The van der Waals surface area contributed by atoms with Gasteiger partial charge >= 0.3 is 0 Å². The number of aliphatic hydroxyl groups is 1. The van der Waals surface area contributed by atoms with Crippen LogP contribution < -0.4 is 9.47 Å². The molecule has 1 saturated carbocycles. The van der Waals surface area contributed by atoms with Crippen molar-refractivity contribution in [2.45, 2.75) is 49.3 Å². The van der Waals surface area contributed by atoms with Gasteiger partial charge in [-0.3, -0.25) is 0 Å². The minimum absolute atomic E-state index is 0.0762. The van der Waals surface area contributed by atoms with Crippen molar-refractivity contribution in [3.05, 3.63) is 35.4 Å². The molecule has 2 aliphatic heterocycles. The van der Waals surface area contributed by atoms with Gasteiger partial charge < -0.3 is 19.5 Å². The van der Waals surface area contributed by atoms with Gasteiger partial charge in [-0.05, 0) is 56.8 Å². The fourth-order valence-electron chi connectivity index (χ4n) is 5.83. The molecule has 6 rings (SSSR count). The third-order valence-corrected chi connectivity index (χ3v) is 7.31. The van der Waals surface area contributed by atoms with Crippen molar-refractivity contribution in [3.63, 3.8) is 0 Å². The predicted molar refractivity (Wildman–Crippen MR) is 94.1 cm³/mol. The van der Waals surface area contributed by atoms with Gasteiger partial charge in [0.05, 0.1) is 6.61 Å². The lowest BCUT2D eigenvalue weighted by Crippen LogP contribution is -2.64. The van der Waals surface area contributed by atoms with Crippen LogP contribution in [0.1, 0.15) is 30.4 Å². The summed E-state index contributed by atoms with van der Waals surface area (Å²) in [6, 6.07) is 4.85. The highest BCUT2D eigenvalue weighted by Crippen LogP contribution is 2.62. The zero-order chi connectivity index (χ0) is 16.8. The van der Waals surface area contributed by atoms with Crippen molar-refractivity contribution < 1.29 is 14.6 Å². The molecule has 1 aromatic carbocycles. The first-order valence-electron chi connectivity index (χ1n) is 9.71. The van der Waals surface area contributed by atoms with Gasteiger partial charge in [0.25, 0.3) is 0 Å². The maximum atomic E-state index is 10.7. The highest BCUT2D eigenvalue weighted by atomic mass is 16.5. The summed E-state index contributed by atoms with van der Waals surface area (Å²) in [5, 5.41) is 10.7. The maximum absolute atomic E-state index is 10.7. The van der Waals surface area contributed by atoms with E-state index in [9.17, 15) is 5.11 Å². The van der Waals surface area contributed by atoms with Gasteiger partial charge in [0.1, 0.15) is 12.2 Å². The Labute approximate surface area is 148 Å². The van der Waals surface area contributed by atoms with Crippen LogP contribution in [0.5, 0.6) is 11.5 Å². The summed E-state index contributed by atoms with van der Waals surface area (Å²) in [5.74, 6) is 2.96. The van der Waals surface area contributed by atoms with Gasteiger partial charge in [-0.2, -0.15) is 0 Å². The van der Waals surface area contributed by atoms with E-state index in [-0.39, 0.29) is 11.5 Å². The third-order valence-electron chi connectivity index (χ3n) is 7.31. The molecule has 3 aliphatic carbocycles. The fraction of sp³-hybridized carbons (Fsp3) is 0.619. The van der Waals surface area contributed by atoms with Gasteiger partial charge in [-0.15, -0.1) is 0 Å². The number of rotatable bonds is 3. The average molecular weight is 339 g/mol. The number of likely N-dealkylation sites (N-methyl/N-ethyl adjacent to an activating group) is 1. The largest absolute Gasteiger partial charge is 0.489 e. The Balaban J connectivity index is 1.52. The van der Waals surface area contributed by atoms with Crippen molar-refractivity contribution in [2.75, 3.05) is 20.2 Å². The quantitative estimate of drug-likeness (QED) is 0.858. The van der Waals surface area contributed by atoms with E-state index in [0.29, 0.717) is 12.0 Å². The predicted octanol–water partition coefficient (Wildman–Crippen LogP) is 2.28. The Morgan fingerprint density at radius 3 is 3.04 bits per heavy atom. The van der Waals surface area contributed by atoms with E-state index in [2.05, 4.69) is 30.2 Å². The Bertz CT molecular complexity index is 771. The summed E-state index contributed by atoms with van der Waals surface area (Å²) >= 11 is 0. The van der Waals surface area contributed by atoms with Gasteiger partial charge in [0, 0.05) is 22.9 Å². The van der Waals surface area contributed by atoms with Crippen LogP contribution in [-0.4, -0.2) is 48.5 Å². The van der Waals surface area contributed by atoms with E-state index < -0.39 is 6.10 Å². The number of nitrogens with zero attached hydrogens (tertiary/aromatic N) is 1. The molecule has 0 amide bonds. The van der Waals surface area contributed by atoms with Crippen molar-refractivity contribution >= 4 is 0 Å². The van der Waals surface area contributed by atoms with Crippen LogP contribution >= 0.6 is 0 Å². The number of hydrogen-bond acceptors (Lipinski definition) is 4. The Morgan fingerprint density at radius 2 is 2.20 bits per heavy atom. The molecule has 5 atom stereocenters. The second-order valence-electron chi connectivity index (χ2n) is 8.66. The molecule has 0 radical (unpaired) electrons. The van der Waals surface area contributed by atoms with Crippen LogP contribution in [0.15, 0.2) is 24.3 Å². The second-order valence-corrected chi connectivity index (χ2v) is 8.66. The smallest absolute Gasteiger partial charge is 0.165 e. The summed E-state index contributed by atoms with van der Waals surface area (Å²) in [5.41, 5.74) is 2.67. The number of benzene rings is 1. The first-order chi connectivity index (χ1) is 12.2. The third kappa shape index (κ3) is 1.79. The van der Waals surface area contributed by atoms with Gasteiger partial charge in [0.15, 0.2) is 11.5 Å². The van der Waals surface area contributed by atoms with Crippen molar-refractivity contribution in [1.82, 2.24) is 4.90 Å². The average Bonchev–Trinajstić information content (AvgIpc) is 3.37. The van der Waals surface area contributed by atoms with Crippen molar-refractivity contribution in [1.29, 1.82) is 0 Å². The number of hydrogen-bond donors (Lipinski definition) is 1. The summed E-state index contributed by atoms with van der Waals surface area (Å²) in [6.07, 6.45) is 8.20. The summed E-state index contributed by atoms with van der Waals surface area (Å²) in [6.45, 7) is 1.86. The van der Waals surface area contributed by atoms with Gasteiger partial charge in [-0.1, -0.05) is 18.2 Å². The Morgan fingerprint density at radius 1 is 1.32 bits per heavy atom. The molecule has 4 nitrogen and oxygen atoms in total. The monoisotopic (exact) mass is 339 g/mol. The van der Waals surface area contributed by atoms with E-state index in [0.717, 1.165) is 43.4 Å². The first kappa shape index (κ1) is 14.6. The van der Waals surface area contributed by atoms with Crippen LogP contribution in [0.25, 0.3) is 0 Å². The maximum Gasteiger partial charge on any atom is 0.165 e. The van der Waals surface area contributed by atoms with Crippen LogP contribution in [0.3, 0.4) is 0 Å². The van der Waals surface area contributed by atoms with E-state index in [1.165, 1.54) is 24.0 Å². The second kappa shape index (κ2) is 4.80. The molecule has 1 saturated heterocycles. The van der Waals surface area contributed by atoms with Gasteiger partial charge in [-0.25, -0.2) is 0 Å². The molecular weight excluding hydrogens is 314 g/mol. The molecule has 2 heterocycles. The van der Waals surface area contributed by atoms with Crippen molar-refractivity contribution in [2.24, 2.45) is 11.8 Å².